The third-order valence-corrected chi connectivity index (χ3v) is 4.29. The lowest BCUT2D eigenvalue weighted by atomic mass is 9.85. The number of benzene rings is 1. The van der Waals surface area contributed by atoms with Crippen LogP contribution in [0.5, 0.6) is 0 Å². The highest BCUT2D eigenvalue weighted by atomic mass is 19.1. The zero-order valence-electron chi connectivity index (χ0n) is 12.0. The minimum atomic E-state index is -0.184. The fraction of sp³-hybridized carbons (Fsp3) is 0.625. The quantitative estimate of drug-likeness (QED) is 0.907. The van der Waals surface area contributed by atoms with Gasteiger partial charge in [0.15, 0.2) is 0 Å². The molecule has 1 aliphatic heterocycles. The Morgan fingerprint density at radius 3 is 2.53 bits per heavy atom. The molecule has 1 heterocycles. The van der Waals surface area contributed by atoms with Crippen molar-refractivity contribution in [2.24, 2.45) is 11.1 Å². The Morgan fingerprint density at radius 2 is 1.89 bits per heavy atom. The summed E-state index contributed by atoms with van der Waals surface area (Å²) in [4.78, 5) is 2.46. The Bertz CT molecular complexity index is 400. The van der Waals surface area contributed by atoms with Crippen molar-refractivity contribution in [2.45, 2.75) is 39.2 Å². The molecule has 0 bridgehead atoms. The minimum Gasteiger partial charge on any atom is -0.329 e. The molecule has 0 radical (unpaired) electrons. The summed E-state index contributed by atoms with van der Waals surface area (Å²) in [5, 5.41) is 0. The normalized spacial score (nSPS) is 21.9. The van der Waals surface area contributed by atoms with Gasteiger partial charge in [-0.05, 0) is 55.5 Å². The van der Waals surface area contributed by atoms with Gasteiger partial charge in [-0.1, -0.05) is 26.0 Å². The van der Waals surface area contributed by atoms with Crippen LogP contribution in [0.3, 0.4) is 0 Å². The monoisotopic (exact) mass is 264 g/mol. The van der Waals surface area contributed by atoms with E-state index in [9.17, 15) is 4.39 Å². The molecule has 1 fully saturated rings. The first-order valence-corrected chi connectivity index (χ1v) is 7.21. The van der Waals surface area contributed by atoms with E-state index in [4.69, 9.17) is 5.73 Å². The smallest absolute Gasteiger partial charge is 0.123 e. The lowest BCUT2D eigenvalue weighted by Gasteiger charge is -2.30. The summed E-state index contributed by atoms with van der Waals surface area (Å²) in [7, 11) is 0. The lowest BCUT2D eigenvalue weighted by molar-refractivity contribution is 0.200. The molecule has 0 amide bonds. The van der Waals surface area contributed by atoms with Crippen LogP contribution in [0.1, 0.15) is 44.7 Å². The van der Waals surface area contributed by atoms with E-state index < -0.39 is 0 Å². The summed E-state index contributed by atoms with van der Waals surface area (Å²) in [5.74, 6) is -0.184. The number of nitrogens with two attached hydrogens (primary N) is 1. The molecule has 19 heavy (non-hydrogen) atoms. The van der Waals surface area contributed by atoms with Crippen LogP contribution in [0.25, 0.3) is 0 Å². The Labute approximate surface area is 115 Å². The molecule has 1 unspecified atom stereocenters. The molecule has 1 aliphatic rings. The van der Waals surface area contributed by atoms with Gasteiger partial charge in [-0.15, -0.1) is 0 Å². The van der Waals surface area contributed by atoms with Crippen molar-refractivity contribution >= 4 is 0 Å². The zero-order valence-corrected chi connectivity index (χ0v) is 12.0. The van der Waals surface area contributed by atoms with Gasteiger partial charge in [0.2, 0.25) is 0 Å². The number of nitrogens with zero attached hydrogens (tertiary/aromatic N) is 1. The van der Waals surface area contributed by atoms with Gasteiger partial charge in [-0.3, -0.25) is 4.90 Å². The standard InChI is InChI=1S/C16H25FN2/c1-16(2)8-3-10-19(11-9-16)15(12-18)13-4-6-14(17)7-5-13/h4-7,15H,3,8-12,18H2,1-2H3. The van der Waals surface area contributed by atoms with Crippen LogP contribution in [-0.4, -0.2) is 24.5 Å². The summed E-state index contributed by atoms with van der Waals surface area (Å²) < 4.78 is 13.0. The summed E-state index contributed by atoms with van der Waals surface area (Å²) in [5.41, 5.74) is 7.51. The van der Waals surface area contributed by atoms with Gasteiger partial charge in [-0.25, -0.2) is 4.39 Å². The molecule has 2 N–H and O–H groups in total. The SMILES string of the molecule is CC1(C)CCCN(C(CN)c2ccc(F)cc2)CC1. The summed E-state index contributed by atoms with van der Waals surface area (Å²) in [6.45, 7) is 7.43. The van der Waals surface area contributed by atoms with Gasteiger partial charge in [0.1, 0.15) is 5.82 Å². The first kappa shape index (κ1) is 14.5. The van der Waals surface area contributed by atoms with Crippen LogP contribution < -0.4 is 5.73 Å². The molecule has 2 rings (SSSR count). The Balaban J connectivity index is 2.11. The van der Waals surface area contributed by atoms with E-state index in [1.165, 1.54) is 31.4 Å². The fourth-order valence-electron chi connectivity index (χ4n) is 2.94. The van der Waals surface area contributed by atoms with Crippen LogP contribution in [-0.2, 0) is 0 Å². The van der Waals surface area contributed by atoms with E-state index >= 15 is 0 Å². The van der Waals surface area contributed by atoms with Gasteiger partial charge >= 0.3 is 0 Å². The second-order valence-corrected chi connectivity index (χ2v) is 6.36. The van der Waals surface area contributed by atoms with Crippen LogP contribution in [0, 0.1) is 11.2 Å². The molecule has 0 saturated carbocycles. The minimum absolute atomic E-state index is 0.184. The maximum Gasteiger partial charge on any atom is 0.123 e. The van der Waals surface area contributed by atoms with Crippen molar-refractivity contribution in [1.82, 2.24) is 4.90 Å². The maximum atomic E-state index is 13.0. The van der Waals surface area contributed by atoms with E-state index in [0.29, 0.717) is 12.0 Å². The Morgan fingerprint density at radius 1 is 1.21 bits per heavy atom. The molecule has 2 nitrogen and oxygen atoms in total. The molecule has 0 aliphatic carbocycles. The van der Waals surface area contributed by atoms with Crippen molar-refractivity contribution in [3.63, 3.8) is 0 Å². The topological polar surface area (TPSA) is 29.3 Å². The molecule has 1 aromatic carbocycles. The van der Waals surface area contributed by atoms with Crippen molar-refractivity contribution < 1.29 is 4.39 Å². The number of rotatable bonds is 3. The molecule has 1 aromatic rings. The zero-order chi connectivity index (χ0) is 13.9. The third kappa shape index (κ3) is 3.77. The maximum absolute atomic E-state index is 13.0. The van der Waals surface area contributed by atoms with Crippen molar-refractivity contribution in [3.8, 4) is 0 Å². The molecule has 106 valence electrons. The van der Waals surface area contributed by atoms with Crippen LogP contribution in [0.15, 0.2) is 24.3 Å². The number of likely N-dealkylation sites (tertiary alicyclic amines) is 1. The van der Waals surface area contributed by atoms with Crippen LogP contribution in [0.4, 0.5) is 4.39 Å². The average molecular weight is 264 g/mol. The van der Waals surface area contributed by atoms with E-state index in [-0.39, 0.29) is 11.9 Å². The van der Waals surface area contributed by atoms with Crippen molar-refractivity contribution in [2.75, 3.05) is 19.6 Å². The number of hydrogen-bond donors (Lipinski definition) is 1. The lowest BCUT2D eigenvalue weighted by Crippen LogP contribution is -2.34. The molecule has 1 atom stereocenters. The largest absolute Gasteiger partial charge is 0.329 e. The van der Waals surface area contributed by atoms with E-state index in [1.807, 2.05) is 12.1 Å². The van der Waals surface area contributed by atoms with Gasteiger partial charge < -0.3 is 5.73 Å². The Hall–Kier alpha value is -0.930. The van der Waals surface area contributed by atoms with E-state index in [1.54, 1.807) is 0 Å². The first-order valence-electron chi connectivity index (χ1n) is 7.21. The van der Waals surface area contributed by atoms with Gasteiger partial charge in [0, 0.05) is 12.6 Å². The molecule has 0 aromatic heterocycles. The summed E-state index contributed by atoms with van der Waals surface area (Å²) >= 11 is 0. The van der Waals surface area contributed by atoms with Gasteiger partial charge in [0.05, 0.1) is 0 Å². The van der Waals surface area contributed by atoms with Crippen LogP contribution >= 0.6 is 0 Å². The second-order valence-electron chi connectivity index (χ2n) is 6.36. The van der Waals surface area contributed by atoms with Crippen LogP contribution in [0.2, 0.25) is 0 Å². The Kier molecular flexibility index (Phi) is 4.58. The van der Waals surface area contributed by atoms with E-state index in [0.717, 1.165) is 18.7 Å². The molecule has 1 saturated heterocycles. The molecule has 0 spiro atoms. The highest BCUT2D eigenvalue weighted by Crippen LogP contribution is 2.32. The highest BCUT2D eigenvalue weighted by molar-refractivity contribution is 5.20. The molecule has 3 heteroatoms. The summed E-state index contributed by atoms with van der Waals surface area (Å²) in [6, 6.07) is 7.00. The number of hydrogen-bond acceptors (Lipinski definition) is 2. The number of halogens is 1. The summed E-state index contributed by atoms with van der Waals surface area (Å²) in [6.07, 6.45) is 3.68. The first-order chi connectivity index (χ1) is 9.02. The van der Waals surface area contributed by atoms with E-state index in [2.05, 4.69) is 18.7 Å². The fourth-order valence-corrected chi connectivity index (χ4v) is 2.94. The predicted octanol–water partition coefficient (Wildman–Crippen LogP) is 3.34. The molecular weight excluding hydrogens is 239 g/mol. The highest BCUT2D eigenvalue weighted by Gasteiger charge is 2.27. The third-order valence-electron chi connectivity index (χ3n) is 4.29. The van der Waals surface area contributed by atoms with Gasteiger partial charge in [0.25, 0.3) is 0 Å². The van der Waals surface area contributed by atoms with Crippen molar-refractivity contribution in [3.05, 3.63) is 35.6 Å². The average Bonchev–Trinajstić information content (AvgIpc) is 2.54. The molecular formula is C16H25FN2. The second kappa shape index (κ2) is 6.02. The predicted molar refractivity (Wildman–Crippen MR) is 77.4 cm³/mol. The van der Waals surface area contributed by atoms with Gasteiger partial charge in [-0.2, -0.15) is 0 Å². The van der Waals surface area contributed by atoms with Crippen molar-refractivity contribution in [1.29, 1.82) is 0 Å².